The van der Waals surface area contributed by atoms with E-state index in [-0.39, 0.29) is 17.4 Å². The number of hydrogen-bond acceptors (Lipinski definition) is 2. The third-order valence-corrected chi connectivity index (χ3v) is 2.22. The lowest BCUT2D eigenvalue weighted by atomic mass is 9.81. The van der Waals surface area contributed by atoms with E-state index >= 15 is 0 Å². The van der Waals surface area contributed by atoms with Crippen LogP contribution in [0.25, 0.3) is 0 Å². The topological polar surface area (TPSA) is 29.1 Å². The molecule has 0 spiro atoms. The number of rotatable bonds is 4. The molecule has 0 saturated heterocycles. The second-order valence-corrected chi connectivity index (χ2v) is 5.68. The molecule has 0 bridgehead atoms. The van der Waals surface area contributed by atoms with Gasteiger partial charge in [0.15, 0.2) is 5.78 Å². The van der Waals surface area contributed by atoms with Crippen molar-refractivity contribution in [1.82, 2.24) is 5.32 Å². The zero-order chi connectivity index (χ0) is 11.5. The molecule has 1 N–H and O–H groups in total. The Morgan fingerprint density at radius 2 is 1.50 bits per heavy atom. The van der Waals surface area contributed by atoms with Gasteiger partial charge in [-0.1, -0.05) is 48.5 Å². The van der Waals surface area contributed by atoms with Gasteiger partial charge in [-0.15, -0.1) is 0 Å². The minimum atomic E-state index is -0.0394. The molecule has 1 atom stereocenters. The number of hydrogen-bond donors (Lipinski definition) is 1. The largest absolute Gasteiger partial charge is 0.305 e. The Morgan fingerprint density at radius 1 is 1.07 bits per heavy atom. The fourth-order valence-corrected chi connectivity index (χ4v) is 1.43. The van der Waals surface area contributed by atoms with Gasteiger partial charge in [0.1, 0.15) is 0 Å². The summed E-state index contributed by atoms with van der Waals surface area (Å²) in [7, 11) is 0. The molecular formula is C12H25NO. The maximum Gasteiger partial charge on any atom is 0.152 e. The molecule has 0 heterocycles. The Labute approximate surface area is 88.5 Å². The van der Waals surface area contributed by atoms with Gasteiger partial charge in [0.25, 0.3) is 0 Å². The van der Waals surface area contributed by atoms with Crippen molar-refractivity contribution < 1.29 is 4.79 Å². The predicted molar refractivity (Wildman–Crippen MR) is 61.4 cm³/mol. The molecule has 0 rings (SSSR count). The van der Waals surface area contributed by atoms with E-state index in [2.05, 4.69) is 39.9 Å². The van der Waals surface area contributed by atoms with Crippen molar-refractivity contribution in [2.45, 2.75) is 60.5 Å². The lowest BCUT2D eigenvalue weighted by molar-refractivity contribution is -0.126. The summed E-state index contributed by atoms with van der Waals surface area (Å²) in [5.41, 5.74) is -0.00831. The Bertz CT molecular complexity index is 189. The number of carbonyl (C=O) groups is 1. The average Bonchev–Trinajstić information content (AvgIpc) is 1.96. The summed E-state index contributed by atoms with van der Waals surface area (Å²) in [5, 5.41) is 3.35. The third-order valence-electron chi connectivity index (χ3n) is 2.22. The lowest BCUT2D eigenvalue weighted by Crippen LogP contribution is -2.50. The summed E-state index contributed by atoms with van der Waals surface area (Å²) in [6.45, 7) is 14.4. The number of nitrogens with one attached hydrogen (secondary N) is 1. The molecule has 0 radical (unpaired) electrons. The first kappa shape index (κ1) is 13.6. The standard InChI is InChI=1S/C12H25NO/c1-8(2)10(14)11(12(5,6)7)13-9(3)4/h8-9,11,13H,1-7H3/t11-/m1/s1. The van der Waals surface area contributed by atoms with Gasteiger partial charge in [0, 0.05) is 12.0 Å². The maximum atomic E-state index is 12.0. The summed E-state index contributed by atoms with van der Waals surface area (Å²) in [5.74, 6) is 0.414. The molecule has 0 aromatic heterocycles. The van der Waals surface area contributed by atoms with Crippen LogP contribution in [0.15, 0.2) is 0 Å². The van der Waals surface area contributed by atoms with Crippen molar-refractivity contribution in [3.05, 3.63) is 0 Å². The van der Waals surface area contributed by atoms with E-state index < -0.39 is 0 Å². The molecule has 2 heteroatoms. The maximum absolute atomic E-state index is 12.0. The Hall–Kier alpha value is -0.370. The fraction of sp³-hybridized carbons (Fsp3) is 0.917. The highest BCUT2D eigenvalue weighted by molar-refractivity contribution is 5.86. The van der Waals surface area contributed by atoms with Crippen molar-refractivity contribution in [3.63, 3.8) is 0 Å². The highest BCUT2D eigenvalue weighted by Crippen LogP contribution is 2.22. The molecule has 0 unspecified atom stereocenters. The molecule has 2 nitrogen and oxygen atoms in total. The van der Waals surface area contributed by atoms with Gasteiger partial charge in [-0.3, -0.25) is 4.79 Å². The van der Waals surface area contributed by atoms with E-state index in [1.807, 2.05) is 13.8 Å². The minimum absolute atomic E-state index is 0.00831. The van der Waals surface area contributed by atoms with Crippen LogP contribution in [0.4, 0.5) is 0 Å². The first-order valence-corrected chi connectivity index (χ1v) is 5.46. The zero-order valence-electron chi connectivity index (χ0n) is 10.6. The van der Waals surface area contributed by atoms with Crippen LogP contribution >= 0.6 is 0 Å². The average molecular weight is 199 g/mol. The van der Waals surface area contributed by atoms with Gasteiger partial charge in [-0.25, -0.2) is 0 Å². The molecule has 0 aromatic rings. The van der Waals surface area contributed by atoms with Gasteiger partial charge >= 0.3 is 0 Å². The number of carbonyl (C=O) groups excluding carboxylic acids is 1. The van der Waals surface area contributed by atoms with Crippen LogP contribution in [0.5, 0.6) is 0 Å². The second kappa shape index (κ2) is 4.92. The lowest BCUT2D eigenvalue weighted by Gasteiger charge is -2.33. The predicted octanol–water partition coefficient (Wildman–Crippen LogP) is 2.62. The third kappa shape index (κ3) is 4.23. The van der Waals surface area contributed by atoms with Crippen LogP contribution in [0.3, 0.4) is 0 Å². The van der Waals surface area contributed by atoms with Gasteiger partial charge < -0.3 is 5.32 Å². The minimum Gasteiger partial charge on any atom is -0.305 e. The Kier molecular flexibility index (Phi) is 4.79. The van der Waals surface area contributed by atoms with Crippen molar-refractivity contribution in [2.75, 3.05) is 0 Å². The first-order chi connectivity index (χ1) is 6.16. The molecular weight excluding hydrogens is 174 g/mol. The summed E-state index contributed by atoms with van der Waals surface area (Å²) in [6, 6.07) is 0.310. The molecule has 0 aliphatic rings. The Balaban J connectivity index is 4.65. The summed E-state index contributed by atoms with van der Waals surface area (Å²) >= 11 is 0. The van der Waals surface area contributed by atoms with Crippen molar-refractivity contribution in [3.8, 4) is 0 Å². The highest BCUT2D eigenvalue weighted by atomic mass is 16.1. The number of Topliss-reactive ketones (excluding diaryl/α,β-unsaturated/α-hetero) is 1. The highest BCUT2D eigenvalue weighted by Gasteiger charge is 2.32. The monoisotopic (exact) mass is 199 g/mol. The fourth-order valence-electron chi connectivity index (χ4n) is 1.43. The van der Waals surface area contributed by atoms with Crippen molar-refractivity contribution >= 4 is 5.78 Å². The molecule has 0 saturated carbocycles. The van der Waals surface area contributed by atoms with Crippen molar-refractivity contribution in [1.29, 1.82) is 0 Å². The van der Waals surface area contributed by atoms with Gasteiger partial charge in [-0.05, 0) is 5.41 Å². The molecule has 0 amide bonds. The van der Waals surface area contributed by atoms with Crippen molar-refractivity contribution in [2.24, 2.45) is 11.3 Å². The van der Waals surface area contributed by atoms with Gasteiger partial charge in [0.2, 0.25) is 0 Å². The van der Waals surface area contributed by atoms with E-state index in [1.165, 1.54) is 0 Å². The van der Waals surface area contributed by atoms with Crippen LogP contribution < -0.4 is 5.32 Å². The van der Waals surface area contributed by atoms with Crippen LogP contribution in [-0.2, 0) is 4.79 Å². The van der Waals surface area contributed by atoms with Crippen LogP contribution in [0.2, 0.25) is 0 Å². The molecule has 14 heavy (non-hydrogen) atoms. The molecule has 84 valence electrons. The SMILES string of the molecule is CC(C)N[C@H](C(=O)C(C)C)C(C)(C)C. The number of ketones is 1. The van der Waals surface area contributed by atoms with Gasteiger partial charge in [-0.2, -0.15) is 0 Å². The molecule has 0 aromatic carbocycles. The second-order valence-electron chi connectivity index (χ2n) is 5.68. The van der Waals surface area contributed by atoms with Gasteiger partial charge in [0.05, 0.1) is 6.04 Å². The van der Waals surface area contributed by atoms with E-state index in [9.17, 15) is 4.79 Å². The quantitative estimate of drug-likeness (QED) is 0.754. The molecule has 0 aliphatic carbocycles. The van der Waals surface area contributed by atoms with E-state index in [0.717, 1.165) is 0 Å². The van der Waals surface area contributed by atoms with E-state index in [0.29, 0.717) is 11.8 Å². The van der Waals surface area contributed by atoms with E-state index in [1.54, 1.807) is 0 Å². The smallest absolute Gasteiger partial charge is 0.152 e. The summed E-state index contributed by atoms with van der Waals surface area (Å²) < 4.78 is 0. The van der Waals surface area contributed by atoms with E-state index in [4.69, 9.17) is 0 Å². The normalized spacial score (nSPS) is 14.9. The van der Waals surface area contributed by atoms with Crippen LogP contribution in [-0.4, -0.2) is 17.9 Å². The zero-order valence-corrected chi connectivity index (χ0v) is 10.6. The van der Waals surface area contributed by atoms with Crippen LogP contribution in [0.1, 0.15) is 48.5 Å². The molecule has 0 aliphatic heterocycles. The first-order valence-electron chi connectivity index (χ1n) is 5.46. The van der Waals surface area contributed by atoms with Crippen LogP contribution in [0, 0.1) is 11.3 Å². The Morgan fingerprint density at radius 3 is 1.71 bits per heavy atom. The molecule has 0 fully saturated rings. The summed E-state index contributed by atoms with van der Waals surface area (Å²) in [6.07, 6.45) is 0. The summed E-state index contributed by atoms with van der Waals surface area (Å²) in [4.78, 5) is 12.0.